The highest BCUT2D eigenvalue weighted by Crippen LogP contribution is 2.18. The van der Waals surface area contributed by atoms with Gasteiger partial charge in [-0.05, 0) is 32.0 Å². The summed E-state index contributed by atoms with van der Waals surface area (Å²) in [5.74, 6) is 0. The molecule has 1 aromatic carbocycles. The van der Waals surface area contributed by atoms with Gasteiger partial charge in [-0.2, -0.15) is 0 Å². The lowest BCUT2D eigenvalue weighted by Crippen LogP contribution is -2.36. The minimum absolute atomic E-state index is 0.107. The van der Waals surface area contributed by atoms with Crippen molar-refractivity contribution in [3.8, 4) is 0 Å². The minimum Gasteiger partial charge on any atom is -0.307 e. The first kappa shape index (κ1) is 13.8. The van der Waals surface area contributed by atoms with Crippen LogP contribution < -0.4 is 11.2 Å². The van der Waals surface area contributed by atoms with E-state index in [1.807, 2.05) is 0 Å². The van der Waals surface area contributed by atoms with Crippen LogP contribution in [-0.4, -0.2) is 18.0 Å². The van der Waals surface area contributed by atoms with Crippen LogP contribution in [0.5, 0.6) is 0 Å². The largest absolute Gasteiger partial charge is 0.329 e. The van der Waals surface area contributed by atoms with Crippen LogP contribution in [0.15, 0.2) is 32.7 Å². The molecule has 19 heavy (non-hydrogen) atoms. The van der Waals surface area contributed by atoms with Crippen molar-refractivity contribution in [3.63, 3.8) is 0 Å². The van der Waals surface area contributed by atoms with Crippen LogP contribution >= 0.6 is 10.7 Å². The lowest BCUT2D eigenvalue weighted by atomic mass is 10.2. The van der Waals surface area contributed by atoms with Crippen molar-refractivity contribution in [1.29, 1.82) is 0 Å². The highest BCUT2D eigenvalue weighted by molar-refractivity contribution is 8.13. The van der Waals surface area contributed by atoms with E-state index in [0.717, 1.165) is 10.6 Å². The normalized spacial score (nSPS) is 12.2. The zero-order valence-corrected chi connectivity index (χ0v) is 11.7. The molecule has 0 bridgehead atoms. The Morgan fingerprint density at radius 3 is 2.42 bits per heavy atom. The van der Waals surface area contributed by atoms with Crippen LogP contribution in [0.3, 0.4) is 0 Å². The van der Waals surface area contributed by atoms with Gasteiger partial charge in [-0.1, -0.05) is 0 Å². The fourth-order valence-corrected chi connectivity index (χ4v) is 2.60. The number of fused-ring (bicyclic) bond motifs is 1. The predicted molar refractivity (Wildman–Crippen MR) is 72.3 cm³/mol. The van der Waals surface area contributed by atoms with Crippen LogP contribution in [-0.2, 0) is 9.05 Å². The summed E-state index contributed by atoms with van der Waals surface area (Å²) >= 11 is 0. The average Bonchev–Trinajstić information content (AvgIpc) is 2.26. The standard InChI is InChI=1S/C11H11ClN2O4S/c1-6(2)14-10(15)8-5-7(19(12,17)18)3-4-9(8)13-11(14)16/h3-6H,1-2H3,(H,13,16). The van der Waals surface area contributed by atoms with E-state index in [1.165, 1.54) is 12.1 Å². The molecule has 1 aromatic heterocycles. The molecule has 0 fully saturated rings. The van der Waals surface area contributed by atoms with Crippen molar-refractivity contribution < 1.29 is 8.42 Å². The summed E-state index contributed by atoms with van der Waals surface area (Å²) < 4.78 is 23.5. The van der Waals surface area contributed by atoms with Gasteiger partial charge in [0, 0.05) is 16.7 Å². The van der Waals surface area contributed by atoms with E-state index >= 15 is 0 Å². The van der Waals surface area contributed by atoms with Gasteiger partial charge >= 0.3 is 5.69 Å². The Hall–Kier alpha value is -1.60. The molecule has 2 rings (SSSR count). The van der Waals surface area contributed by atoms with Crippen molar-refractivity contribution >= 4 is 30.6 Å². The first-order valence-electron chi connectivity index (χ1n) is 5.45. The van der Waals surface area contributed by atoms with Crippen LogP contribution in [0, 0.1) is 0 Å². The average molecular weight is 303 g/mol. The van der Waals surface area contributed by atoms with Gasteiger partial charge in [-0.3, -0.25) is 9.36 Å². The van der Waals surface area contributed by atoms with Gasteiger partial charge in [-0.15, -0.1) is 0 Å². The molecule has 0 aliphatic carbocycles. The number of nitrogens with one attached hydrogen (secondary N) is 1. The first-order valence-corrected chi connectivity index (χ1v) is 7.76. The third-order valence-electron chi connectivity index (χ3n) is 2.70. The number of halogens is 1. The van der Waals surface area contributed by atoms with E-state index in [0.29, 0.717) is 0 Å². The second kappa shape index (κ2) is 4.50. The summed E-state index contributed by atoms with van der Waals surface area (Å²) in [7, 11) is 1.31. The lowest BCUT2D eigenvalue weighted by Gasteiger charge is -2.09. The molecular weight excluding hydrogens is 292 g/mol. The van der Waals surface area contributed by atoms with Gasteiger partial charge in [-0.25, -0.2) is 13.2 Å². The summed E-state index contributed by atoms with van der Waals surface area (Å²) in [6, 6.07) is 3.41. The van der Waals surface area contributed by atoms with Gasteiger partial charge in [0.15, 0.2) is 0 Å². The summed E-state index contributed by atoms with van der Waals surface area (Å²) in [6.45, 7) is 3.37. The number of benzene rings is 1. The number of rotatable bonds is 2. The number of hydrogen-bond donors (Lipinski definition) is 1. The Labute approximate surface area is 113 Å². The van der Waals surface area contributed by atoms with E-state index in [-0.39, 0.29) is 21.8 Å². The van der Waals surface area contributed by atoms with Crippen molar-refractivity contribution in [1.82, 2.24) is 9.55 Å². The Bertz CT molecular complexity index is 864. The van der Waals surface area contributed by atoms with Crippen molar-refractivity contribution in [2.24, 2.45) is 0 Å². The summed E-state index contributed by atoms with van der Waals surface area (Å²) in [4.78, 5) is 26.3. The van der Waals surface area contributed by atoms with Crippen molar-refractivity contribution in [2.75, 3.05) is 0 Å². The second-order valence-corrected chi connectivity index (χ2v) is 6.91. The highest BCUT2D eigenvalue weighted by atomic mass is 35.7. The molecule has 0 amide bonds. The lowest BCUT2D eigenvalue weighted by molar-refractivity contribution is 0.552. The van der Waals surface area contributed by atoms with Gasteiger partial charge in [0.2, 0.25) is 0 Å². The number of hydrogen-bond acceptors (Lipinski definition) is 4. The molecule has 0 spiro atoms. The Kier molecular flexibility index (Phi) is 3.27. The third kappa shape index (κ3) is 2.43. The number of aromatic amines is 1. The van der Waals surface area contributed by atoms with Crippen LogP contribution in [0.2, 0.25) is 0 Å². The highest BCUT2D eigenvalue weighted by Gasteiger charge is 2.15. The first-order chi connectivity index (χ1) is 8.71. The Morgan fingerprint density at radius 2 is 1.89 bits per heavy atom. The molecule has 0 unspecified atom stereocenters. The molecule has 1 N–H and O–H groups in total. The molecule has 6 nitrogen and oxygen atoms in total. The molecule has 2 aromatic rings. The molecule has 102 valence electrons. The van der Waals surface area contributed by atoms with Gasteiger partial charge in [0.25, 0.3) is 14.6 Å². The fraction of sp³-hybridized carbons (Fsp3) is 0.273. The van der Waals surface area contributed by atoms with Gasteiger partial charge in [0.05, 0.1) is 15.8 Å². The third-order valence-corrected chi connectivity index (χ3v) is 4.05. The topological polar surface area (TPSA) is 89.0 Å². The van der Waals surface area contributed by atoms with E-state index in [1.54, 1.807) is 13.8 Å². The molecule has 8 heteroatoms. The molecule has 1 heterocycles. The molecule has 0 saturated heterocycles. The maximum atomic E-state index is 12.2. The SMILES string of the molecule is CC(C)n1c(=O)[nH]c2ccc(S(=O)(=O)Cl)cc2c1=O. The van der Waals surface area contributed by atoms with Gasteiger partial charge in [0.1, 0.15) is 0 Å². The molecule has 0 atom stereocenters. The maximum Gasteiger partial charge on any atom is 0.329 e. The molecular formula is C11H11ClN2O4S. The predicted octanol–water partition coefficient (Wildman–Crippen LogP) is 1.20. The monoisotopic (exact) mass is 302 g/mol. The molecule has 0 aliphatic rings. The smallest absolute Gasteiger partial charge is 0.307 e. The summed E-state index contributed by atoms with van der Waals surface area (Å²) in [5.41, 5.74) is -0.805. The number of nitrogens with zero attached hydrogens (tertiary/aromatic N) is 1. The number of aromatic nitrogens is 2. The van der Waals surface area contributed by atoms with E-state index in [9.17, 15) is 18.0 Å². The van der Waals surface area contributed by atoms with E-state index in [4.69, 9.17) is 10.7 Å². The fourth-order valence-electron chi connectivity index (χ4n) is 1.83. The summed E-state index contributed by atoms with van der Waals surface area (Å²) in [6.07, 6.45) is 0. The van der Waals surface area contributed by atoms with Gasteiger partial charge < -0.3 is 4.98 Å². The van der Waals surface area contributed by atoms with Crippen LogP contribution in [0.25, 0.3) is 10.9 Å². The van der Waals surface area contributed by atoms with E-state index < -0.39 is 20.3 Å². The Morgan fingerprint density at radius 1 is 1.26 bits per heavy atom. The van der Waals surface area contributed by atoms with Crippen LogP contribution in [0.4, 0.5) is 0 Å². The zero-order chi connectivity index (χ0) is 14.4. The van der Waals surface area contributed by atoms with Crippen LogP contribution in [0.1, 0.15) is 19.9 Å². The zero-order valence-electron chi connectivity index (χ0n) is 10.2. The molecule has 0 radical (unpaired) electrons. The maximum absolute atomic E-state index is 12.2. The van der Waals surface area contributed by atoms with Crippen molar-refractivity contribution in [2.45, 2.75) is 24.8 Å². The van der Waals surface area contributed by atoms with Crippen molar-refractivity contribution in [3.05, 3.63) is 39.0 Å². The number of H-pyrrole nitrogens is 1. The van der Waals surface area contributed by atoms with E-state index in [2.05, 4.69) is 4.98 Å². The second-order valence-electron chi connectivity index (χ2n) is 4.34. The summed E-state index contributed by atoms with van der Waals surface area (Å²) in [5, 5.41) is 0.107. The minimum atomic E-state index is -3.92. The quantitative estimate of drug-likeness (QED) is 0.844. The molecule has 0 saturated carbocycles. The Balaban J connectivity index is 2.94. The molecule has 0 aliphatic heterocycles.